The number of unbranched alkanes of at least 4 members (excludes halogenated alkanes) is 1. The molecule has 106 valence electrons. The second-order valence-corrected chi connectivity index (χ2v) is 4.92. The van der Waals surface area contributed by atoms with Gasteiger partial charge in [-0.1, -0.05) is 44.5 Å². The van der Waals surface area contributed by atoms with Crippen LogP contribution >= 0.6 is 0 Å². The lowest BCUT2D eigenvalue weighted by Crippen LogP contribution is -1.98. The van der Waals surface area contributed by atoms with Crippen LogP contribution in [0.2, 0.25) is 0 Å². The molecule has 0 bridgehead atoms. The summed E-state index contributed by atoms with van der Waals surface area (Å²) in [5.41, 5.74) is 2.39. The van der Waals surface area contributed by atoms with Gasteiger partial charge in [-0.15, -0.1) is 0 Å². The normalized spacial score (nSPS) is 10.5. The Morgan fingerprint density at radius 1 is 1.00 bits per heavy atom. The number of aromatic hydroxyl groups is 1. The van der Waals surface area contributed by atoms with E-state index in [9.17, 15) is 5.11 Å². The SMILES string of the molecule is CCCCc1c(CC)ccc(O)c1Oc1ccccc1. The number of hydrogen-bond donors (Lipinski definition) is 1. The van der Waals surface area contributed by atoms with Gasteiger partial charge in [0, 0.05) is 5.56 Å². The van der Waals surface area contributed by atoms with Gasteiger partial charge in [0.2, 0.25) is 0 Å². The van der Waals surface area contributed by atoms with Crippen LogP contribution in [0, 0.1) is 0 Å². The van der Waals surface area contributed by atoms with Crippen molar-refractivity contribution in [2.24, 2.45) is 0 Å². The number of rotatable bonds is 6. The molecule has 0 saturated carbocycles. The molecule has 1 N–H and O–H groups in total. The third kappa shape index (κ3) is 3.32. The Hall–Kier alpha value is -1.96. The smallest absolute Gasteiger partial charge is 0.172 e. The number of para-hydroxylation sites is 1. The average Bonchev–Trinajstić information content (AvgIpc) is 2.49. The van der Waals surface area contributed by atoms with Crippen LogP contribution in [-0.4, -0.2) is 5.11 Å². The van der Waals surface area contributed by atoms with Crippen LogP contribution in [-0.2, 0) is 12.8 Å². The van der Waals surface area contributed by atoms with Crippen LogP contribution in [0.15, 0.2) is 42.5 Å². The molecule has 0 spiro atoms. The zero-order valence-corrected chi connectivity index (χ0v) is 12.2. The van der Waals surface area contributed by atoms with Gasteiger partial charge in [-0.25, -0.2) is 0 Å². The molecule has 2 nitrogen and oxygen atoms in total. The van der Waals surface area contributed by atoms with Gasteiger partial charge in [0.25, 0.3) is 0 Å². The van der Waals surface area contributed by atoms with E-state index in [-0.39, 0.29) is 5.75 Å². The molecule has 0 aromatic heterocycles. The maximum atomic E-state index is 10.1. The van der Waals surface area contributed by atoms with Crippen molar-refractivity contribution in [2.75, 3.05) is 0 Å². The van der Waals surface area contributed by atoms with Crippen molar-refractivity contribution in [1.29, 1.82) is 0 Å². The molecular weight excluding hydrogens is 248 g/mol. The molecule has 2 rings (SSSR count). The number of phenols is 1. The molecule has 0 saturated heterocycles. The topological polar surface area (TPSA) is 29.5 Å². The van der Waals surface area contributed by atoms with Gasteiger partial charge in [0.15, 0.2) is 11.5 Å². The van der Waals surface area contributed by atoms with Crippen molar-refractivity contribution >= 4 is 0 Å². The molecule has 0 radical (unpaired) electrons. The summed E-state index contributed by atoms with van der Waals surface area (Å²) in [5, 5.41) is 10.1. The fourth-order valence-electron chi connectivity index (χ4n) is 2.34. The lowest BCUT2D eigenvalue weighted by Gasteiger charge is -2.16. The van der Waals surface area contributed by atoms with Gasteiger partial charge < -0.3 is 9.84 Å². The second-order valence-electron chi connectivity index (χ2n) is 4.92. The summed E-state index contributed by atoms with van der Waals surface area (Å²) in [6.45, 7) is 4.31. The van der Waals surface area contributed by atoms with Crippen molar-refractivity contribution in [3.8, 4) is 17.2 Å². The lowest BCUT2D eigenvalue weighted by molar-refractivity contribution is 0.406. The van der Waals surface area contributed by atoms with E-state index in [4.69, 9.17) is 4.74 Å². The van der Waals surface area contributed by atoms with Crippen molar-refractivity contribution in [3.05, 3.63) is 53.6 Å². The fraction of sp³-hybridized carbons (Fsp3) is 0.333. The molecule has 2 aromatic rings. The minimum atomic E-state index is 0.220. The molecule has 0 atom stereocenters. The number of phenolic OH excluding ortho intramolecular Hbond substituents is 1. The highest BCUT2D eigenvalue weighted by molar-refractivity contribution is 5.52. The highest BCUT2D eigenvalue weighted by Gasteiger charge is 2.14. The summed E-state index contributed by atoms with van der Waals surface area (Å²) in [6, 6.07) is 13.4. The zero-order chi connectivity index (χ0) is 14.4. The molecule has 2 heteroatoms. The minimum absolute atomic E-state index is 0.220. The van der Waals surface area contributed by atoms with Crippen LogP contribution < -0.4 is 4.74 Å². The van der Waals surface area contributed by atoms with E-state index >= 15 is 0 Å². The molecule has 0 aliphatic carbocycles. The summed E-state index contributed by atoms with van der Waals surface area (Å²) >= 11 is 0. The Morgan fingerprint density at radius 3 is 2.40 bits per heavy atom. The molecule has 0 heterocycles. The van der Waals surface area contributed by atoms with Crippen LogP contribution in [0.5, 0.6) is 17.2 Å². The van der Waals surface area contributed by atoms with Crippen LogP contribution in [0.4, 0.5) is 0 Å². The zero-order valence-electron chi connectivity index (χ0n) is 12.2. The van der Waals surface area contributed by atoms with Crippen LogP contribution in [0.1, 0.15) is 37.8 Å². The van der Waals surface area contributed by atoms with E-state index in [1.165, 1.54) is 5.56 Å². The molecule has 20 heavy (non-hydrogen) atoms. The van der Waals surface area contributed by atoms with E-state index in [2.05, 4.69) is 13.8 Å². The summed E-state index contributed by atoms with van der Waals surface area (Å²) in [4.78, 5) is 0. The predicted molar refractivity (Wildman–Crippen MR) is 82.6 cm³/mol. The van der Waals surface area contributed by atoms with E-state index in [0.29, 0.717) is 5.75 Å². The van der Waals surface area contributed by atoms with Gasteiger partial charge in [-0.05, 0) is 43.0 Å². The summed E-state index contributed by atoms with van der Waals surface area (Å²) in [5.74, 6) is 1.59. The van der Waals surface area contributed by atoms with Crippen molar-refractivity contribution in [2.45, 2.75) is 39.5 Å². The van der Waals surface area contributed by atoms with Crippen molar-refractivity contribution in [1.82, 2.24) is 0 Å². The molecule has 0 aliphatic rings. The Bertz CT molecular complexity index is 547. The Balaban J connectivity index is 2.38. The summed E-state index contributed by atoms with van der Waals surface area (Å²) in [6.07, 6.45) is 4.12. The molecule has 2 aromatic carbocycles. The van der Waals surface area contributed by atoms with Gasteiger partial charge in [-0.3, -0.25) is 0 Å². The van der Waals surface area contributed by atoms with E-state index in [1.807, 2.05) is 36.4 Å². The molecule has 0 amide bonds. The van der Waals surface area contributed by atoms with Crippen molar-refractivity contribution in [3.63, 3.8) is 0 Å². The Kier molecular flexibility index (Phi) is 5.05. The predicted octanol–water partition coefficient (Wildman–Crippen LogP) is 5.09. The Morgan fingerprint density at radius 2 is 1.75 bits per heavy atom. The fourth-order valence-corrected chi connectivity index (χ4v) is 2.34. The van der Waals surface area contributed by atoms with Gasteiger partial charge in [0.1, 0.15) is 5.75 Å². The standard InChI is InChI=1S/C18H22O2/c1-3-5-11-16-14(4-2)12-13-17(19)18(16)20-15-9-7-6-8-10-15/h6-10,12-13,19H,3-5,11H2,1-2H3. The molecular formula is C18H22O2. The third-order valence-corrected chi connectivity index (χ3v) is 3.46. The third-order valence-electron chi connectivity index (χ3n) is 3.46. The molecule has 0 fully saturated rings. The average molecular weight is 270 g/mol. The number of ether oxygens (including phenoxy) is 1. The first kappa shape index (κ1) is 14.4. The lowest BCUT2D eigenvalue weighted by atomic mass is 9.98. The molecule has 0 aliphatic heterocycles. The van der Waals surface area contributed by atoms with Crippen molar-refractivity contribution < 1.29 is 9.84 Å². The Labute approximate surface area is 121 Å². The highest BCUT2D eigenvalue weighted by Crippen LogP contribution is 2.37. The molecule has 0 unspecified atom stereocenters. The van der Waals surface area contributed by atoms with E-state index < -0.39 is 0 Å². The number of hydrogen-bond acceptors (Lipinski definition) is 2. The maximum Gasteiger partial charge on any atom is 0.172 e. The van der Waals surface area contributed by atoms with Gasteiger partial charge in [-0.2, -0.15) is 0 Å². The highest BCUT2D eigenvalue weighted by atomic mass is 16.5. The van der Waals surface area contributed by atoms with Crippen LogP contribution in [0.25, 0.3) is 0 Å². The van der Waals surface area contributed by atoms with Gasteiger partial charge >= 0.3 is 0 Å². The van der Waals surface area contributed by atoms with E-state index in [0.717, 1.165) is 37.0 Å². The monoisotopic (exact) mass is 270 g/mol. The number of benzene rings is 2. The maximum absolute atomic E-state index is 10.1. The summed E-state index contributed by atoms with van der Waals surface area (Å²) < 4.78 is 5.93. The summed E-state index contributed by atoms with van der Waals surface area (Å²) in [7, 11) is 0. The largest absolute Gasteiger partial charge is 0.504 e. The first-order valence-electron chi connectivity index (χ1n) is 7.32. The quantitative estimate of drug-likeness (QED) is 0.792. The van der Waals surface area contributed by atoms with E-state index in [1.54, 1.807) is 6.07 Å². The second kappa shape index (κ2) is 6.99. The minimum Gasteiger partial charge on any atom is -0.504 e. The first-order chi connectivity index (χ1) is 9.76. The number of aryl methyl sites for hydroxylation is 1. The van der Waals surface area contributed by atoms with Gasteiger partial charge in [0.05, 0.1) is 0 Å². The van der Waals surface area contributed by atoms with Crippen LogP contribution in [0.3, 0.4) is 0 Å². The first-order valence-corrected chi connectivity index (χ1v) is 7.32.